The Morgan fingerprint density at radius 2 is 1.83 bits per heavy atom. The number of carboxylic acids is 1. The zero-order valence-corrected chi connectivity index (χ0v) is 16.8. The molecule has 1 aliphatic heterocycles. The molecule has 30 heavy (non-hydrogen) atoms. The molecule has 154 valence electrons. The zero-order valence-electron chi connectivity index (χ0n) is 16.8. The van der Waals surface area contributed by atoms with Crippen LogP contribution in [0.4, 0.5) is 5.95 Å². The molecule has 1 unspecified atom stereocenters. The molecule has 0 aliphatic carbocycles. The number of nitrogens with zero attached hydrogens (tertiary/aromatic N) is 3. The predicted molar refractivity (Wildman–Crippen MR) is 114 cm³/mol. The maximum atomic E-state index is 13.3. The number of carboxylic acid groups (broad SMARTS) is 1. The molecule has 7 nitrogen and oxygen atoms in total. The number of hydrogen-bond donors (Lipinski definition) is 2. The molecule has 0 saturated heterocycles. The minimum Gasteiger partial charge on any atom is -0.481 e. The first-order valence-electron chi connectivity index (χ1n) is 10.0. The second kappa shape index (κ2) is 8.10. The maximum absolute atomic E-state index is 13.3. The summed E-state index contributed by atoms with van der Waals surface area (Å²) in [5.41, 5.74) is 10.1. The number of anilines is 1. The van der Waals surface area contributed by atoms with E-state index in [0.29, 0.717) is 29.7 Å². The molecule has 1 atom stereocenters. The van der Waals surface area contributed by atoms with Crippen LogP contribution >= 0.6 is 0 Å². The lowest BCUT2D eigenvalue weighted by atomic mass is 9.97. The van der Waals surface area contributed by atoms with E-state index in [0.717, 1.165) is 29.5 Å². The van der Waals surface area contributed by atoms with Gasteiger partial charge in [0, 0.05) is 24.9 Å². The van der Waals surface area contributed by atoms with E-state index in [1.807, 2.05) is 49.4 Å². The fourth-order valence-electron chi connectivity index (χ4n) is 3.95. The van der Waals surface area contributed by atoms with Crippen LogP contribution in [0.3, 0.4) is 0 Å². The van der Waals surface area contributed by atoms with Crippen molar-refractivity contribution in [2.45, 2.75) is 39.3 Å². The van der Waals surface area contributed by atoms with Crippen LogP contribution in [0.2, 0.25) is 0 Å². The van der Waals surface area contributed by atoms with Crippen molar-refractivity contribution in [3.63, 3.8) is 0 Å². The molecule has 3 aromatic rings. The zero-order chi connectivity index (χ0) is 21.3. The highest BCUT2D eigenvalue weighted by Crippen LogP contribution is 2.27. The fourth-order valence-corrected chi connectivity index (χ4v) is 3.95. The number of carbonyl (C=O) groups excluding carboxylic acids is 1. The molecule has 2 heterocycles. The number of amides is 1. The van der Waals surface area contributed by atoms with E-state index in [1.54, 1.807) is 4.90 Å². The summed E-state index contributed by atoms with van der Waals surface area (Å²) in [5, 5.41) is 9.62. The predicted octanol–water partition coefficient (Wildman–Crippen LogP) is 3.41. The summed E-state index contributed by atoms with van der Waals surface area (Å²) in [5.74, 6) is -0.804. The summed E-state index contributed by atoms with van der Waals surface area (Å²) >= 11 is 0. The van der Waals surface area contributed by atoms with Gasteiger partial charge in [0.2, 0.25) is 5.95 Å². The Hall–Kier alpha value is -3.48. The molecule has 0 bridgehead atoms. The van der Waals surface area contributed by atoms with Gasteiger partial charge in [0.1, 0.15) is 5.69 Å². The second-order valence-electron chi connectivity index (χ2n) is 7.95. The minimum absolute atomic E-state index is 0.0741. The van der Waals surface area contributed by atoms with Gasteiger partial charge in [-0.1, -0.05) is 37.3 Å². The highest BCUT2D eigenvalue weighted by Gasteiger charge is 2.26. The average Bonchev–Trinajstić information content (AvgIpc) is 3.15. The summed E-state index contributed by atoms with van der Waals surface area (Å²) in [6, 6.07) is 13.7. The van der Waals surface area contributed by atoms with Crippen LogP contribution in [0, 0.1) is 5.92 Å². The SMILES string of the molecule is CC(CCc1ccc2nc(N)nc(C(=O)N3Cc4ccccc4C3)c2c1)CC(=O)O. The molecule has 0 saturated carbocycles. The lowest BCUT2D eigenvalue weighted by Gasteiger charge is -2.17. The Morgan fingerprint density at radius 1 is 1.13 bits per heavy atom. The van der Waals surface area contributed by atoms with E-state index in [1.165, 1.54) is 0 Å². The van der Waals surface area contributed by atoms with Crippen LogP contribution in [0.15, 0.2) is 42.5 Å². The van der Waals surface area contributed by atoms with Gasteiger partial charge in [-0.3, -0.25) is 9.59 Å². The third-order valence-corrected chi connectivity index (χ3v) is 5.56. The molecule has 1 aliphatic rings. The van der Waals surface area contributed by atoms with Gasteiger partial charge in [-0.2, -0.15) is 0 Å². The molecular formula is C23H24N4O3. The number of aryl methyl sites for hydroxylation is 1. The van der Waals surface area contributed by atoms with Crippen molar-refractivity contribution in [1.29, 1.82) is 0 Å². The number of rotatable bonds is 6. The standard InChI is InChI=1S/C23H24N4O3/c1-14(10-20(28)29)6-7-15-8-9-19-18(11-15)21(26-23(24)25-19)22(30)27-12-16-4-2-3-5-17(16)13-27/h2-5,8-9,11,14H,6-7,10,12-13H2,1H3,(H,28,29)(H2,24,25,26). The number of nitrogen functional groups attached to an aromatic ring is 1. The summed E-state index contributed by atoms with van der Waals surface area (Å²) in [6.07, 6.45) is 1.61. The summed E-state index contributed by atoms with van der Waals surface area (Å²) < 4.78 is 0. The Bertz CT molecular complexity index is 1100. The maximum Gasteiger partial charge on any atom is 0.303 e. The molecule has 3 N–H and O–H groups in total. The molecule has 0 radical (unpaired) electrons. The number of benzene rings is 2. The number of nitrogens with two attached hydrogens (primary N) is 1. The number of aliphatic carboxylic acids is 1. The quantitative estimate of drug-likeness (QED) is 0.652. The van der Waals surface area contributed by atoms with E-state index in [9.17, 15) is 9.59 Å². The molecule has 0 spiro atoms. The van der Waals surface area contributed by atoms with Crippen LogP contribution in [0.5, 0.6) is 0 Å². The third-order valence-electron chi connectivity index (χ3n) is 5.56. The van der Waals surface area contributed by atoms with E-state index < -0.39 is 5.97 Å². The van der Waals surface area contributed by atoms with Crippen molar-refractivity contribution in [1.82, 2.24) is 14.9 Å². The van der Waals surface area contributed by atoms with Gasteiger partial charge in [-0.25, -0.2) is 9.97 Å². The van der Waals surface area contributed by atoms with Crippen LogP contribution in [-0.4, -0.2) is 31.9 Å². The van der Waals surface area contributed by atoms with Crippen molar-refractivity contribution in [2.75, 3.05) is 5.73 Å². The normalized spacial score (nSPS) is 14.0. The molecule has 1 aromatic heterocycles. The van der Waals surface area contributed by atoms with Crippen LogP contribution < -0.4 is 5.73 Å². The fraction of sp³-hybridized carbons (Fsp3) is 0.304. The van der Waals surface area contributed by atoms with Gasteiger partial charge >= 0.3 is 5.97 Å². The van der Waals surface area contributed by atoms with Crippen LogP contribution in [0.1, 0.15) is 46.9 Å². The minimum atomic E-state index is -0.788. The number of hydrogen-bond acceptors (Lipinski definition) is 5. The highest BCUT2D eigenvalue weighted by molar-refractivity contribution is 6.05. The first-order valence-corrected chi connectivity index (χ1v) is 10.0. The first-order chi connectivity index (χ1) is 14.4. The first kappa shape index (κ1) is 19.8. The summed E-state index contributed by atoms with van der Waals surface area (Å²) in [6.45, 7) is 3.03. The average molecular weight is 404 g/mol. The van der Waals surface area contributed by atoms with Gasteiger partial charge in [-0.05, 0) is 47.6 Å². The van der Waals surface area contributed by atoms with Gasteiger partial charge in [0.05, 0.1) is 5.52 Å². The Labute approximate surface area is 174 Å². The van der Waals surface area contributed by atoms with E-state index >= 15 is 0 Å². The van der Waals surface area contributed by atoms with Crippen molar-refractivity contribution >= 4 is 28.7 Å². The largest absolute Gasteiger partial charge is 0.481 e. The second-order valence-corrected chi connectivity index (χ2v) is 7.95. The van der Waals surface area contributed by atoms with Crippen molar-refractivity contribution in [2.24, 2.45) is 5.92 Å². The van der Waals surface area contributed by atoms with E-state index in [2.05, 4.69) is 9.97 Å². The molecule has 2 aromatic carbocycles. The Morgan fingerprint density at radius 3 is 2.50 bits per heavy atom. The molecule has 4 rings (SSSR count). The van der Waals surface area contributed by atoms with Crippen molar-refractivity contribution in [3.8, 4) is 0 Å². The summed E-state index contributed by atoms with van der Waals surface area (Å²) in [4.78, 5) is 34.5. The smallest absolute Gasteiger partial charge is 0.303 e. The third kappa shape index (κ3) is 4.10. The van der Waals surface area contributed by atoms with Crippen molar-refractivity contribution < 1.29 is 14.7 Å². The van der Waals surface area contributed by atoms with E-state index in [4.69, 9.17) is 10.8 Å². The molecule has 0 fully saturated rings. The Kier molecular flexibility index (Phi) is 5.35. The molecule has 1 amide bonds. The van der Waals surface area contributed by atoms with E-state index in [-0.39, 0.29) is 24.2 Å². The van der Waals surface area contributed by atoms with Crippen LogP contribution in [0.25, 0.3) is 10.9 Å². The lowest BCUT2D eigenvalue weighted by Crippen LogP contribution is -2.27. The van der Waals surface area contributed by atoms with Gasteiger partial charge < -0.3 is 15.7 Å². The topological polar surface area (TPSA) is 109 Å². The number of fused-ring (bicyclic) bond motifs is 2. The van der Waals surface area contributed by atoms with Crippen LogP contribution in [-0.2, 0) is 24.3 Å². The van der Waals surface area contributed by atoms with Gasteiger partial charge in [0.25, 0.3) is 5.91 Å². The lowest BCUT2D eigenvalue weighted by molar-refractivity contribution is -0.138. The van der Waals surface area contributed by atoms with Gasteiger partial charge in [0.15, 0.2) is 0 Å². The molecule has 7 heteroatoms. The van der Waals surface area contributed by atoms with Crippen molar-refractivity contribution in [3.05, 3.63) is 64.8 Å². The van der Waals surface area contributed by atoms with Gasteiger partial charge in [-0.15, -0.1) is 0 Å². The monoisotopic (exact) mass is 404 g/mol. The summed E-state index contributed by atoms with van der Waals surface area (Å²) in [7, 11) is 0. The molecular weight excluding hydrogens is 380 g/mol. The Balaban J connectivity index is 1.61. The number of aromatic nitrogens is 2. The number of carbonyl (C=O) groups is 2. The highest BCUT2D eigenvalue weighted by atomic mass is 16.4.